The smallest absolute Gasteiger partial charge is 0.288 e. The normalized spacial score (nSPS) is 15.7. The molecule has 0 N–H and O–H groups in total. The number of carbonyl (C=O) groups is 2. The lowest BCUT2D eigenvalue weighted by Gasteiger charge is -2.11. The van der Waals surface area contributed by atoms with Crippen LogP contribution in [0.25, 0.3) is 0 Å². The van der Waals surface area contributed by atoms with Gasteiger partial charge in [-0.05, 0) is 12.2 Å². The zero-order valence-electron chi connectivity index (χ0n) is 7.08. The van der Waals surface area contributed by atoms with Crippen LogP contribution in [0.1, 0.15) is 21.0 Å². The summed E-state index contributed by atoms with van der Waals surface area (Å²) in [4.78, 5) is 25.5. The van der Waals surface area contributed by atoms with E-state index in [4.69, 9.17) is 0 Å². The van der Waals surface area contributed by atoms with Crippen LogP contribution in [0.15, 0.2) is 18.5 Å². The van der Waals surface area contributed by atoms with Gasteiger partial charge in [0.15, 0.2) is 0 Å². The first kappa shape index (κ1) is 9.63. The lowest BCUT2D eigenvalue weighted by atomic mass is 10.1. The number of fused-ring (bicyclic) bond motifs is 1. The average Bonchev–Trinajstić information content (AvgIpc) is 2.55. The van der Waals surface area contributed by atoms with E-state index in [2.05, 4.69) is 4.98 Å². The third kappa shape index (κ3) is 1.36. The Morgan fingerprint density at radius 1 is 1.13 bits per heavy atom. The molecule has 0 saturated heterocycles. The van der Waals surface area contributed by atoms with Crippen molar-refractivity contribution in [1.82, 2.24) is 9.55 Å². The zero-order valence-corrected chi connectivity index (χ0v) is 7.08. The molecule has 0 unspecified atom stereocenters. The van der Waals surface area contributed by atoms with Crippen molar-refractivity contribution in [3.63, 3.8) is 0 Å². The van der Waals surface area contributed by atoms with Gasteiger partial charge in [0.25, 0.3) is 0 Å². The van der Waals surface area contributed by atoms with Gasteiger partial charge in [-0.3, -0.25) is 9.59 Å². The van der Waals surface area contributed by atoms with Crippen LogP contribution >= 0.6 is 0 Å². The van der Waals surface area contributed by atoms with Gasteiger partial charge in [0, 0.05) is 0 Å². The van der Waals surface area contributed by atoms with Crippen LogP contribution in [0.4, 0.5) is 13.2 Å². The molecule has 7 heteroatoms. The van der Waals surface area contributed by atoms with E-state index in [-0.39, 0.29) is 4.57 Å². The molecule has 78 valence electrons. The molecular weight excluding hydrogens is 213 g/mol. The minimum absolute atomic E-state index is 0.258. The summed E-state index contributed by atoms with van der Waals surface area (Å²) < 4.78 is 36.8. The van der Waals surface area contributed by atoms with Gasteiger partial charge in [0.2, 0.25) is 11.6 Å². The Hall–Kier alpha value is -1.92. The van der Waals surface area contributed by atoms with Gasteiger partial charge in [-0.2, -0.15) is 0 Å². The van der Waals surface area contributed by atoms with Crippen molar-refractivity contribution < 1.29 is 22.8 Å². The Morgan fingerprint density at radius 2 is 1.73 bits per heavy atom. The van der Waals surface area contributed by atoms with Crippen molar-refractivity contribution in [2.45, 2.75) is 6.30 Å². The van der Waals surface area contributed by atoms with Gasteiger partial charge >= 0.3 is 6.30 Å². The molecule has 0 atom stereocenters. The second-order valence-corrected chi connectivity index (χ2v) is 2.84. The number of carbonyl (C=O) groups excluding carboxylic acids is 2. The topological polar surface area (TPSA) is 52.0 Å². The van der Waals surface area contributed by atoms with Crippen molar-refractivity contribution in [3.8, 4) is 0 Å². The molecule has 1 aliphatic carbocycles. The van der Waals surface area contributed by atoms with Crippen LogP contribution in [0.3, 0.4) is 0 Å². The number of alkyl halides is 3. The molecule has 0 aromatic carbocycles. The summed E-state index contributed by atoms with van der Waals surface area (Å²) in [7, 11) is 0. The summed E-state index contributed by atoms with van der Waals surface area (Å²) in [5.74, 6) is -1.58. The predicted octanol–water partition coefficient (Wildman–Crippen LogP) is 1.29. The number of rotatable bonds is 0. The third-order valence-electron chi connectivity index (χ3n) is 1.89. The molecule has 1 heterocycles. The summed E-state index contributed by atoms with van der Waals surface area (Å²) in [5.41, 5.74) is -1.19. The molecule has 0 bridgehead atoms. The highest BCUT2D eigenvalue weighted by atomic mass is 19.4. The highest BCUT2D eigenvalue weighted by molar-refractivity contribution is 6.20. The number of aromatic nitrogens is 2. The highest BCUT2D eigenvalue weighted by Gasteiger charge is 2.38. The highest BCUT2D eigenvalue weighted by Crippen LogP contribution is 2.27. The van der Waals surface area contributed by atoms with Crippen LogP contribution in [-0.4, -0.2) is 21.1 Å². The summed E-state index contributed by atoms with van der Waals surface area (Å²) in [5, 5.41) is 0. The standard InChI is InChI=1S/C8H3F3N2O2/c9-8(10,11)13-3-12-6-4(14)1-2-5(15)7(6)13/h1-3H. The molecule has 0 spiro atoms. The maximum Gasteiger partial charge on any atom is 0.490 e. The molecule has 0 saturated carbocycles. The lowest BCUT2D eigenvalue weighted by molar-refractivity contribution is -0.204. The molecule has 1 aliphatic rings. The molecular formula is C8H3F3N2O2. The predicted molar refractivity (Wildman–Crippen MR) is 41.3 cm³/mol. The van der Waals surface area contributed by atoms with E-state index in [0.29, 0.717) is 6.33 Å². The van der Waals surface area contributed by atoms with Crippen molar-refractivity contribution in [2.75, 3.05) is 0 Å². The summed E-state index contributed by atoms with van der Waals surface area (Å²) >= 11 is 0. The Morgan fingerprint density at radius 3 is 2.33 bits per heavy atom. The monoisotopic (exact) mass is 216 g/mol. The zero-order chi connectivity index (χ0) is 11.2. The summed E-state index contributed by atoms with van der Waals surface area (Å²) in [6, 6.07) is 0. The first-order valence-electron chi connectivity index (χ1n) is 3.82. The second kappa shape index (κ2) is 2.78. The van der Waals surface area contributed by atoms with Crippen LogP contribution in [0.5, 0.6) is 0 Å². The Labute approximate surface area is 81.0 Å². The van der Waals surface area contributed by atoms with Gasteiger partial charge in [-0.1, -0.05) is 0 Å². The van der Waals surface area contributed by atoms with Gasteiger partial charge < -0.3 is 0 Å². The third-order valence-corrected chi connectivity index (χ3v) is 1.89. The van der Waals surface area contributed by atoms with E-state index in [0.717, 1.165) is 12.2 Å². The number of imidazole rings is 1. The Bertz CT molecular complexity index is 485. The molecule has 0 radical (unpaired) electrons. The molecule has 0 amide bonds. The fourth-order valence-electron chi connectivity index (χ4n) is 1.27. The van der Waals surface area contributed by atoms with E-state index in [1.165, 1.54) is 0 Å². The molecule has 2 rings (SSSR count). The fourth-order valence-corrected chi connectivity index (χ4v) is 1.27. The molecule has 0 fully saturated rings. The minimum atomic E-state index is -4.75. The van der Waals surface area contributed by atoms with E-state index in [1.54, 1.807) is 0 Å². The second-order valence-electron chi connectivity index (χ2n) is 2.84. The van der Waals surface area contributed by atoms with Gasteiger partial charge in [0.1, 0.15) is 17.7 Å². The number of nitrogens with zero attached hydrogens (tertiary/aromatic N) is 2. The molecule has 15 heavy (non-hydrogen) atoms. The van der Waals surface area contributed by atoms with Crippen LogP contribution in [-0.2, 0) is 6.30 Å². The van der Waals surface area contributed by atoms with Gasteiger partial charge in [-0.25, -0.2) is 9.55 Å². The number of allylic oxidation sites excluding steroid dienone is 2. The molecule has 0 aliphatic heterocycles. The van der Waals surface area contributed by atoms with Crippen molar-refractivity contribution >= 4 is 11.6 Å². The molecule has 1 aromatic heterocycles. The molecule has 1 aromatic rings. The maximum absolute atomic E-state index is 12.3. The lowest BCUT2D eigenvalue weighted by Crippen LogP contribution is -2.23. The minimum Gasteiger partial charge on any atom is -0.288 e. The van der Waals surface area contributed by atoms with Crippen molar-refractivity contribution in [2.24, 2.45) is 0 Å². The largest absolute Gasteiger partial charge is 0.490 e. The average molecular weight is 216 g/mol. The quantitative estimate of drug-likeness (QED) is 0.656. The first-order chi connectivity index (χ1) is 6.91. The summed E-state index contributed by atoms with van der Waals surface area (Å²) in [6.07, 6.45) is -2.62. The van der Waals surface area contributed by atoms with E-state index in [9.17, 15) is 22.8 Å². The summed E-state index contributed by atoms with van der Waals surface area (Å²) in [6.45, 7) is 0. The van der Waals surface area contributed by atoms with Gasteiger partial charge in [0.05, 0.1) is 0 Å². The van der Waals surface area contributed by atoms with Crippen LogP contribution in [0.2, 0.25) is 0 Å². The number of ketones is 2. The van der Waals surface area contributed by atoms with E-state index in [1.807, 2.05) is 0 Å². The molecule has 4 nitrogen and oxygen atoms in total. The van der Waals surface area contributed by atoms with Crippen LogP contribution in [0, 0.1) is 0 Å². The Balaban J connectivity index is 2.67. The Kier molecular flexibility index (Phi) is 1.79. The number of halogens is 3. The first-order valence-corrected chi connectivity index (χ1v) is 3.82. The van der Waals surface area contributed by atoms with Crippen LogP contribution < -0.4 is 0 Å². The van der Waals surface area contributed by atoms with Gasteiger partial charge in [-0.15, -0.1) is 13.2 Å². The number of hydrogen-bond acceptors (Lipinski definition) is 3. The van der Waals surface area contributed by atoms with Crippen molar-refractivity contribution in [1.29, 1.82) is 0 Å². The maximum atomic E-state index is 12.3. The van der Waals surface area contributed by atoms with E-state index < -0.39 is 29.3 Å². The fraction of sp³-hybridized carbons (Fsp3) is 0.125. The van der Waals surface area contributed by atoms with Crippen molar-refractivity contribution in [3.05, 3.63) is 29.9 Å². The SMILES string of the molecule is O=C1C=CC(=O)c2c1ncn2C(F)(F)F. The van der Waals surface area contributed by atoms with E-state index >= 15 is 0 Å². The number of hydrogen-bond donors (Lipinski definition) is 0.